The zero-order valence-corrected chi connectivity index (χ0v) is 8.71. The molecule has 0 saturated heterocycles. The van der Waals surface area contributed by atoms with Gasteiger partial charge in [-0.05, 0) is 24.6 Å². The summed E-state index contributed by atoms with van der Waals surface area (Å²) in [6.45, 7) is 2.67. The summed E-state index contributed by atoms with van der Waals surface area (Å²) in [6.07, 6.45) is 5.75. The predicted molar refractivity (Wildman–Crippen MR) is 59.3 cm³/mol. The molecule has 14 heavy (non-hydrogen) atoms. The Kier molecular flexibility index (Phi) is 2.60. The van der Waals surface area contributed by atoms with Crippen molar-refractivity contribution in [2.75, 3.05) is 6.61 Å². The molecule has 2 heteroatoms. The molecule has 72 valence electrons. The molecule has 0 spiro atoms. The quantitative estimate of drug-likeness (QED) is 0.683. The Bertz CT molecular complexity index is 405. The molecule has 1 aliphatic rings. The van der Waals surface area contributed by atoms with Crippen LogP contribution in [-0.2, 0) is 4.74 Å². The molecule has 0 amide bonds. The Morgan fingerprint density at radius 3 is 2.86 bits per heavy atom. The van der Waals surface area contributed by atoms with E-state index in [9.17, 15) is 0 Å². The SMILES string of the molecule is Cc1ccc(C2=COCC=C2)c(Cl)c1. The van der Waals surface area contributed by atoms with Crippen molar-refractivity contribution in [3.63, 3.8) is 0 Å². The molecule has 2 rings (SSSR count). The lowest BCUT2D eigenvalue weighted by Crippen LogP contribution is -1.92. The molecular formula is C12H11ClO. The minimum Gasteiger partial charge on any atom is -0.496 e. The van der Waals surface area contributed by atoms with Gasteiger partial charge in [0.2, 0.25) is 0 Å². The van der Waals surface area contributed by atoms with Crippen LogP contribution in [0.5, 0.6) is 0 Å². The summed E-state index contributed by atoms with van der Waals surface area (Å²) < 4.78 is 5.21. The molecule has 0 radical (unpaired) electrons. The molecule has 0 fully saturated rings. The summed E-state index contributed by atoms with van der Waals surface area (Å²) in [7, 11) is 0. The highest BCUT2D eigenvalue weighted by atomic mass is 35.5. The van der Waals surface area contributed by atoms with E-state index in [1.165, 1.54) is 5.56 Å². The van der Waals surface area contributed by atoms with Crippen LogP contribution in [0.15, 0.2) is 36.6 Å². The second-order valence-corrected chi connectivity index (χ2v) is 3.70. The first kappa shape index (κ1) is 9.35. The number of hydrogen-bond donors (Lipinski definition) is 0. The summed E-state index contributed by atoms with van der Waals surface area (Å²) >= 11 is 6.13. The van der Waals surface area contributed by atoms with E-state index in [1.54, 1.807) is 6.26 Å². The maximum absolute atomic E-state index is 6.13. The molecule has 0 aromatic heterocycles. The molecule has 1 nitrogen and oxygen atoms in total. The van der Waals surface area contributed by atoms with Gasteiger partial charge >= 0.3 is 0 Å². The van der Waals surface area contributed by atoms with Gasteiger partial charge in [-0.25, -0.2) is 0 Å². The predicted octanol–water partition coefficient (Wildman–Crippen LogP) is 3.58. The number of benzene rings is 1. The summed E-state index contributed by atoms with van der Waals surface area (Å²) in [5.41, 5.74) is 3.22. The van der Waals surface area contributed by atoms with Gasteiger partial charge in [0.05, 0.1) is 6.26 Å². The van der Waals surface area contributed by atoms with Gasteiger partial charge in [-0.3, -0.25) is 0 Å². The minimum absolute atomic E-state index is 0.646. The van der Waals surface area contributed by atoms with Crippen molar-refractivity contribution < 1.29 is 4.74 Å². The molecule has 0 aliphatic carbocycles. The van der Waals surface area contributed by atoms with Crippen LogP contribution in [0.25, 0.3) is 5.57 Å². The molecule has 1 heterocycles. The van der Waals surface area contributed by atoms with E-state index in [0.29, 0.717) is 6.61 Å². The maximum atomic E-state index is 6.13. The van der Waals surface area contributed by atoms with Crippen LogP contribution >= 0.6 is 11.6 Å². The first-order valence-corrected chi connectivity index (χ1v) is 4.90. The van der Waals surface area contributed by atoms with E-state index >= 15 is 0 Å². The molecular weight excluding hydrogens is 196 g/mol. The first-order valence-electron chi connectivity index (χ1n) is 4.52. The van der Waals surface area contributed by atoms with Crippen LogP contribution in [0.4, 0.5) is 0 Å². The van der Waals surface area contributed by atoms with E-state index in [1.807, 2.05) is 37.3 Å². The van der Waals surface area contributed by atoms with Crippen molar-refractivity contribution in [1.29, 1.82) is 0 Å². The smallest absolute Gasteiger partial charge is 0.106 e. The van der Waals surface area contributed by atoms with Crippen molar-refractivity contribution >= 4 is 17.2 Å². The molecule has 1 aromatic carbocycles. The van der Waals surface area contributed by atoms with Crippen LogP contribution in [0.2, 0.25) is 5.02 Å². The fraction of sp³-hybridized carbons (Fsp3) is 0.167. The van der Waals surface area contributed by atoms with Crippen molar-refractivity contribution in [2.45, 2.75) is 6.92 Å². The molecule has 1 aromatic rings. The van der Waals surface area contributed by atoms with E-state index in [0.717, 1.165) is 16.2 Å². The summed E-state index contributed by atoms with van der Waals surface area (Å²) in [6, 6.07) is 6.02. The fourth-order valence-electron chi connectivity index (χ4n) is 1.42. The Balaban J connectivity index is 2.41. The van der Waals surface area contributed by atoms with Crippen molar-refractivity contribution in [1.82, 2.24) is 0 Å². The third-order valence-corrected chi connectivity index (χ3v) is 2.45. The second kappa shape index (κ2) is 3.89. The third kappa shape index (κ3) is 1.83. The average Bonchev–Trinajstić information content (AvgIpc) is 2.19. The first-order chi connectivity index (χ1) is 6.77. The lowest BCUT2D eigenvalue weighted by molar-refractivity contribution is 0.288. The Labute approximate surface area is 88.7 Å². The highest BCUT2D eigenvalue weighted by Gasteiger charge is 2.06. The molecule has 0 N–H and O–H groups in total. The largest absolute Gasteiger partial charge is 0.496 e. The normalized spacial score (nSPS) is 14.9. The van der Waals surface area contributed by atoms with E-state index < -0.39 is 0 Å². The maximum Gasteiger partial charge on any atom is 0.106 e. The standard InChI is InChI=1S/C12H11ClO/c1-9-4-5-11(12(13)7-9)10-3-2-6-14-8-10/h2-5,7-8H,6H2,1H3. The number of allylic oxidation sites excluding steroid dienone is 2. The highest BCUT2D eigenvalue weighted by Crippen LogP contribution is 2.27. The lowest BCUT2D eigenvalue weighted by atomic mass is 10.0. The number of aryl methyl sites for hydroxylation is 1. The van der Waals surface area contributed by atoms with Crippen molar-refractivity contribution in [3.05, 3.63) is 52.8 Å². The second-order valence-electron chi connectivity index (χ2n) is 3.29. The monoisotopic (exact) mass is 206 g/mol. The van der Waals surface area contributed by atoms with Crippen LogP contribution in [-0.4, -0.2) is 6.61 Å². The minimum atomic E-state index is 0.646. The summed E-state index contributed by atoms with van der Waals surface area (Å²) in [5, 5.41) is 0.770. The van der Waals surface area contributed by atoms with Gasteiger partial charge in [-0.15, -0.1) is 0 Å². The number of ether oxygens (including phenoxy) is 1. The van der Waals surface area contributed by atoms with Crippen LogP contribution in [0, 0.1) is 6.92 Å². The summed E-state index contributed by atoms with van der Waals surface area (Å²) in [5.74, 6) is 0. The number of halogens is 1. The average molecular weight is 207 g/mol. The van der Waals surface area contributed by atoms with Gasteiger partial charge in [0.25, 0.3) is 0 Å². The lowest BCUT2D eigenvalue weighted by Gasteiger charge is -2.10. The van der Waals surface area contributed by atoms with E-state index in [2.05, 4.69) is 0 Å². The Morgan fingerprint density at radius 1 is 1.36 bits per heavy atom. The topological polar surface area (TPSA) is 9.23 Å². The van der Waals surface area contributed by atoms with E-state index in [-0.39, 0.29) is 0 Å². The molecule has 0 bridgehead atoms. The Morgan fingerprint density at radius 2 is 2.21 bits per heavy atom. The van der Waals surface area contributed by atoms with Crippen LogP contribution < -0.4 is 0 Å². The molecule has 0 unspecified atom stereocenters. The third-order valence-electron chi connectivity index (χ3n) is 2.14. The van der Waals surface area contributed by atoms with Gasteiger partial charge in [0.15, 0.2) is 0 Å². The van der Waals surface area contributed by atoms with Crippen molar-refractivity contribution in [3.8, 4) is 0 Å². The van der Waals surface area contributed by atoms with Gasteiger partial charge in [0.1, 0.15) is 6.61 Å². The van der Waals surface area contributed by atoms with Crippen LogP contribution in [0.1, 0.15) is 11.1 Å². The van der Waals surface area contributed by atoms with Gasteiger partial charge < -0.3 is 4.74 Å². The van der Waals surface area contributed by atoms with Crippen molar-refractivity contribution in [2.24, 2.45) is 0 Å². The van der Waals surface area contributed by atoms with E-state index in [4.69, 9.17) is 16.3 Å². The zero-order valence-electron chi connectivity index (χ0n) is 7.96. The Hall–Kier alpha value is -1.21. The molecule has 1 aliphatic heterocycles. The number of hydrogen-bond acceptors (Lipinski definition) is 1. The fourth-order valence-corrected chi connectivity index (χ4v) is 1.76. The molecule has 0 atom stereocenters. The zero-order chi connectivity index (χ0) is 9.97. The number of rotatable bonds is 1. The van der Waals surface area contributed by atoms with Crippen LogP contribution in [0.3, 0.4) is 0 Å². The van der Waals surface area contributed by atoms with Gasteiger partial charge in [-0.1, -0.05) is 29.8 Å². The van der Waals surface area contributed by atoms with Gasteiger partial charge in [-0.2, -0.15) is 0 Å². The molecule has 0 saturated carbocycles. The summed E-state index contributed by atoms with van der Waals surface area (Å²) in [4.78, 5) is 0. The van der Waals surface area contributed by atoms with Gasteiger partial charge in [0, 0.05) is 16.2 Å². The highest BCUT2D eigenvalue weighted by molar-refractivity contribution is 6.32.